The van der Waals surface area contributed by atoms with Crippen LogP contribution in [0.3, 0.4) is 0 Å². The minimum Gasteiger partial charge on any atom is -0.338 e. The molecule has 1 unspecified atom stereocenters. The summed E-state index contributed by atoms with van der Waals surface area (Å²) in [6, 6.07) is 0.444. The Morgan fingerprint density at radius 2 is 1.88 bits per heavy atom. The van der Waals surface area contributed by atoms with Gasteiger partial charge in [0.25, 0.3) is 0 Å². The average Bonchev–Trinajstić information content (AvgIpc) is 2.33. The predicted octanol–water partition coefficient (Wildman–Crippen LogP) is 0.811. The van der Waals surface area contributed by atoms with Crippen molar-refractivity contribution in [1.82, 2.24) is 9.80 Å². The summed E-state index contributed by atoms with van der Waals surface area (Å²) in [5, 5.41) is 0. The molecule has 1 heterocycles. The molecule has 0 radical (unpaired) electrons. The molecule has 1 atom stereocenters. The maximum absolute atomic E-state index is 12.5. The minimum absolute atomic E-state index is 0.192. The van der Waals surface area contributed by atoms with Crippen LogP contribution in [-0.4, -0.2) is 54.0 Å². The fraction of sp³-hybridized carbons (Fsp3) is 0.923. The molecule has 0 aromatic carbocycles. The normalized spacial score (nSPS) is 30.3. The van der Waals surface area contributed by atoms with Crippen LogP contribution in [0.4, 0.5) is 0 Å². The smallest absolute Gasteiger partial charge is 0.242 e. The molecular formula is C13H25N3O. The van der Waals surface area contributed by atoms with Crippen LogP contribution in [0.1, 0.15) is 39.0 Å². The van der Waals surface area contributed by atoms with Gasteiger partial charge < -0.3 is 15.5 Å². The van der Waals surface area contributed by atoms with E-state index in [1.165, 1.54) is 6.42 Å². The highest BCUT2D eigenvalue weighted by Crippen LogP contribution is 2.28. The van der Waals surface area contributed by atoms with Gasteiger partial charge in [0.05, 0.1) is 5.54 Å². The molecule has 0 bridgehead atoms. The first kappa shape index (κ1) is 12.8. The number of carbonyl (C=O) groups excluding carboxylic acids is 1. The Balaban J connectivity index is 1.99. The molecule has 1 amide bonds. The average molecular weight is 239 g/mol. The molecule has 4 heteroatoms. The summed E-state index contributed by atoms with van der Waals surface area (Å²) < 4.78 is 0. The van der Waals surface area contributed by atoms with E-state index >= 15 is 0 Å². The number of carbonyl (C=O) groups is 1. The molecule has 98 valence electrons. The van der Waals surface area contributed by atoms with Gasteiger partial charge in [-0.1, -0.05) is 19.3 Å². The highest BCUT2D eigenvalue weighted by atomic mass is 16.2. The number of rotatable bonds is 1. The van der Waals surface area contributed by atoms with Gasteiger partial charge in [-0.15, -0.1) is 0 Å². The zero-order valence-corrected chi connectivity index (χ0v) is 11.1. The van der Waals surface area contributed by atoms with Crippen molar-refractivity contribution in [3.05, 3.63) is 0 Å². The van der Waals surface area contributed by atoms with Gasteiger partial charge in [-0.2, -0.15) is 0 Å². The maximum atomic E-state index is 12.5. The van der Waals surface area contributed by atoms with E-state index < -0.39 is 5.54 Å². The third-order valence-corrected chi connectivity index (χ3v) is 4.42. The molecule has 2 aliphatic rings. The van der Waals surface area contributed by atoms with E-state index in [1.54, 1.807) is 0 Å². The Morgan fingerprint density at radius 3 is 2.47 bits per heavy atom. The van der Waals surface area contributed by atoms with Gasteiger partial charge >= 0.3 is 0 Å². The third-order valence-electron chi connectivity index (χ3n) is 4.42. The number of hydrogen-bond acceptors (Lipinski definition) is 3. The van der Waals surface area contributed by atoms with Gasteiger partial charge in [0, 0.05) is 25.7 Å². The molecule has 4 nitrogen and oxygen atoms in total. The summed E-state index contributed by atoms with van der Waals surface area (Å²) >= 11 is 0. The Morgan fingerprint density at radius 1 is 1.24 bits per heavy atom. The molecular weight excluding hydrogens is 214 g/mol. The molecule has 0 aromatic rings. The summed E-state index contributed by atoms with van der Waals surface area (Å²) in [7, 11) is 2.12. The lowest BCUT2D eigenvalue weighted by atomic mass is 9.81. The maximum Gasteiger partial charge on any atom is 0.242 e. The van der Waals surface area contributed by atoms with E-state index in [1.807, 2.05) is 4.90 Å². The lowest BCUT2D eigenvalue weighted by Gasteiger charge is -2.42. The molecule has 2 rings (SSSR count). The second-order valence-electron chi connectivity index (χ2n) is 5.80. The van der Waals surface area contributed by atoms with Gasteiger partial charge in [0.1, 0.15) is 0 Å². The zero-order valence-electron chi connectivity index (χ0n) is 11.1. The highest BCUT2D eigenvalue weighted by Gasteiger charge is 2.39. The van der Waals surface area contributed by atoms with E-state index in [9.17, 15) is 4.79 Å². The zero-order chi connectivity index (χ0) is 12.5. The monoisotopic (exact) mass is 239 g/mol. The van der Waals surface area contributed by atoms with E-state index in [2.05, 4.69) is 18.9 Å². The fourth-order valence-corrected chi connectivity index (χ4v) is 2.94. The Hall–Kier alpha value is -0.610. The van der Waals surface area contributed by atoms with Crippen LogP contribution >= 0.6 is 0 Å². The van der Waals surface area contributed by atoms with Crippen LogP contribution < -0.4 is 5.73 Å². The van der Waals surface area contributed by atoms with Gasteiger partial charge in [0.2, 0.25) is 5.91 Å². The molecule has 1 aliphatic heterocycles. The van der Waals surface area contributed by atoms with Crippen molar-refractivity contribution in [3.8, 4) is 0 Å². The first-order valence-corrected chi connectivity index (χ1v) is 6.81. The molecule has 1 saturated carbocycles. The number of amides is 1. The van der Waals surface area contributed by atoms with Crippen LogP contribution in [-0.2, 0) is 4.79 Å². The molecule has 1 saturated heterocycles. The van der Waals surface area contributed by atoms with Crippen LogP contribution in [0.15, 0.2) is 0 Å². The fourth-order valence-electron chi connectivity index (χ4n) is 2.94. The van der Waals surface area contributed by atoms with Crippen molar-refractivity contribution >= 4 is 5.91 Å². The van der Waals surface area contributed by atoms with E-state index in [4.69, 9.17) is 5.73 Å². The largest absolute Gasteiger partial charge is 0.338 e. The van der Waals surface area contributed by atoms with Crippen molar-refractivity contribution < 1.29 is 4.79 Å². The van der Waals surface area contributed by atoms with E-state index in [0.29, 0.717) is 6.04 Å². The Labute approximate surface area is 104 Å². The quantitative estimate of drug-likeness (QED) is 0.737. The van der Waals surface area contributed by atoms with Gasteiger partial charge in [-0.3, -0.25) is 4.79 Å². The number of piperazine rings is 1. The second kappa shape index (κ2) is 4.94. The molecule has 0 aromatic heterocycles. The SMILES string of the molecule is CC1CN(C(=O)C2(N)CCCCC2)CCN1C. The lowest BCUT2D eigenvalue weighted by molar-refractivity contribution is -0.140. The van der Waals surface area contributed by atoms with Crippen LogP contribution in [0.2, 0.25) is 0 Å². The number of nitrogens with zero attached hydrogens (tertiary/aromatic N) is 2. The topological polar surface area (TPSA) is 49.6 Å². The van der Waals surface area contributed by atoms with Crippen molar-refractivity contribution in [3.63, 3.8) is 0 Å². The first-order valence-electron chi connectivity index (χ1n) is 6.81. The predicted molar refractivity (Wildman–Crippen MR) is 68.7 cm³/mol. The van der Waals surface area contributed by atoms with Crippen molar-refractivity contribution in [1.29, 1.82) is 0 Å². The molecule has 0 spiro atoms. The van der Waals surface area contributed by atoms with Gasteiger partial charge in [-0.25, -0.2) is 0 Å². The summed E-state index contributed by atoms with van der Waals surface area (Å²) in [5.74, 6) is 0.192. The molecule has 1 aliphatic carbocycles. The first-order chi connectivity index (χ1) is 8.03. The summed E-state index contributed by atoms with van der Waals surface area (Å²) in [4.78, 5) is 16.8. The summed E-state index contributed by atoms with van der Waals surface area (Å²) in [6.45, 7) is 4.79. The molecule has 2 fully saturated rings. The van der Waals surface area contributed by atoms with Crippen LogP contribution in [0, 0.1) is 0 Å². The Bertz CT molecular complexity index is 286. The minimum atomic E-state index is -0.562. The van der Waals surface area contributed by atoms with Crippen molar-refractivity contribution in [2.75, 3.05) is 26.7 Å². The van der Waals surface area contributed by atoms with Crippen molar-refractivity contribution in [2.24, 2.45) is 5.73 Å². The van der Waals surface area contributed by atoms with Gasteiger partial charge in [0.15, 0.2) is 0 Å². The second-order valence-corrected chi connectivity index (χ2v) is 5.80. The Kier molecular flexibility index (Phi) is 3.73. The van der Waals surface area contributed by atoms with E-state index in [-0.39, 0.29) is 5.91 Å². The van der Waals surface area contributed by atoms with Crippen LogP contribution in [0.5, 0.6) is 0 Å². The van der Waals surface area contributed by atoms with Crippen LogP contribution in [0.25, 0.3) is 0 Å². The van der Waals surface area contributed by atoms with Crippen molar-refractivity contribution in [2.45, 2.75) is 50.6 Å². The molecule has 17 heavy (non-hydrogen) atoms. The highest BCUT2D eigenvalue weighted by molar-refractivity contribution is 5.86. The number of likely N-dealkylation sites (N-methyl/N-ethyl adjacent to an activating group) is 1. The number of hydrogen-bond donors (Lipinski definition) is 1. The summed E-state index contributed by atoms with van der Waals surface area (Å²) in [6.07, 6.45) is 5.17. The number of nitrogens with two attached hydrogens (primary N) is 1. The summed E-state index contributed by atoms with van der Waals surface area (Å²) in [5.41, 5.74) is 5.75. The standard InChI is InChI=1S/C13H25N3O/c1-11-10-16(9-8-15(11)2)12(17)13(14)6-4-3-5-7-13/h11H,3-10,14H2,1-2H3. The molecule has 2 N–H and O–H groups in total. The lowest BCUT2D eigenvalue weighted by Crippen LogP contribution is -2.61. The van der Waals surface area contributed by atoms with Gasteiger partial charge in [-0.05, 0) is 26.8 Å². The van der Waals surface area contributed by atoms with E-state index in [0.717, 1.165) is 45.3 Å². The third kappa shape index (κ3) is 2.63.